The number of nitrogens with one attached hydrogen (secondary N) is 1. The van der Waals surface area contributed by atoms with E-state index in [2.05, 4.69) is 12.2 Å². The average Bonchev–Trinajstić information content (AvgIpc) is 2.87. The third kappa shape index (κ3) is 3.04. The summed E-state index contributed by atoms with van der Waals surface area (Å²) in [6.45, 7) is 3.03. The third-order valence-corrected chi connectivity index (χ3v) is 4.86. The fourth-order valence-electron chi connectivity index (χ4n) is 3.74. The largest absolute Gasteiger partial charge is 0.375 e. The summed E-state index contributed by atoms with van der Waals surface area (Å²) in [6, 6.07) is 7.60. The minimum Gasteiger partial charge on any atom is -0.375 e. The summed E-state index contributed by atoms with van der Waals surface area (Å²) in [7, 11) is 0. The molecule has 2 nitrogen and oxygen atoms in total. The summed E-state index contributed by atoms with van der Waals surface area (Å²) in [4.78, 5) is 0. The van der Waals surface area contributed by atoms with Crippen LogP contribution in [0.15, 0.2) is 24.3 Å². The van der Waals surface area contributed by atoms with Gasteiger partial charge in [-0.25, -0.2) is 4.39 Å². The van der Waals surface area contributed by atoms with Crippen LogP contribution < -0.4 is 5.32 Å². The molecule has 0 amide bonds. The van der Waals surface area contributed by atoms with Gasteiger partial charge in [-0.1, -0.05) is 25.0 Å². The first-order valence-corrected chi connectivity index (χ1v) is 7.82. The zero-order chi connectivity index (χ0) is 14.0. The van der Waals surface area contributed by atoms with E-state index in [4.69, 9.17) is 4.74 Å². The molecule has 1 saturated heterocycles. The van der Waals surface area contributed by atoms with Crippen molar-refractivity contribution in [1.82, 2.24) is 5.32 Å². The Morgan fingerprint density at radius 3 is 2.65 bits per heavy atom. The van der Waals surface area contributed by atoms with E-state index < -0.39 is 0 Å². The smallest absolute Gasteiger partial charge is 0.123 e. The van der Waals surface area contributed by atoms with Crippen molar-refractivity contribution in [3.05, 3.63) is 35.6 Å². The highest BCUT2D eigenvalue weighted by molar-refractivity contribution is 5.19. The predicted octanol–water partition coefficient (Wildman–Crippen LogP) is 3.97. The lowest BCUT2D eigenvalue weighted by Crippen LogP contribution is -2.46. The first kappa shape index (κ1) is 14.0. The van der Waals surface area contributed by atoms with Crippen LogP contribution in [0.5, 0.6) is 0 Å². The van der Waals surface area contributed by atoms with Crippen molar-refractivity contribution in [3.63, 3.8) is 0 Å². The molecule has 20 heavy (non-hydrogen) atoms. The summed E-state index contributed by atoms with van der Waals surface area (Å²) in [5.41, 5.74) is 1.30. The lowest BCUT2D eigenvalue weighted by Gasteiger charge is -2.39. The van der Waals surface area contributed by atoms with Gasteiger partial charge in [-0.2, -0.15) is 0 Å². The zero-order valence-electron chi connectivity index (χ0n) is 12.2. The molecule has 1 saturated carbocycles. The van der Waals surface area contributed by atoms with Crippen LogP contribution in [0.2, 0.25) is 0 Å². The molecule has 1 N–H and O–H groups in total. The SMILES string of the molecule is C[C@H](NC1CCOC2(CCCC2)C1)c1ccc(F)cc1. The van der Waals surface area contributed by atoms with Crippen molar-refractivity contribution in [1.29, 1.82) is 0 Å². The van der Waals surface area contributed by atoms with Crippen LogP contribution in [-0.2, 0) is 4.74 Å². The number of hydrogen-bond acceptors (Lipinski definition) is 2. The lowest BCUT2D eigenvalue weighted by molar-refractivity contribution is -0.0846. The number of hydrogen-bond donors (Lipinski definition) is 1. The maximum atomic E-state index is 13.0. The van der Waals surface area contributed by atoms with Gasteiger partial charge in [0.2, 0.25) is 0 Å². The number of ether oxygens (including phenoxy) is 1. The molecular weight excluding hydrogens is 253 g/mol. The van der Waals surface area contributed by atoms with E-state index in [0.717, 1.165) is 25.0 Å². The first-order valence-electron chi connectivity index (χ1n) is 7.82. The average molecular weight is 277 g/mol. The Bertz CT molecular complexity index is 439. The molecule has 1 unspecified atom stereocenters. The predicted molar refractivity (Wildman–Crippen MR) is 78.1 cm³/mol. The zero-order valence-corrected chi connectivity index (χ0v) is 12.2. The highest BCUT2D eigenvalue weighted by atomic mass is 19.1. The summed E-state index contributed by atoms with van der Waals surface area (Å²) >= 11 is 0. The Morgan fingerprint density at radius 2 is 1.95 bits per heavy atom. The fraction of sp³-hybridized carbons (Fsp3) is 0.647. The summed E-state index contributed by atoms with van der Waals surface area (Å²) < 4.78 is 19.0. The summed E-state index contributed by atoms with van der Waals surface area (Å²) in [5.74, 6) is -0.170. The van der Waals surface area contributed by atoms with Gasteiger partial charge >= 0.3 is 0 Å². The highest BCUT2D eigenvalue weighted by Gasteiger charge is 2.40. The molecule has 1 spiro atoms. The van der Waals surface area contributed by atoms with Crippen LogP contribution in [-0.4, -0.2) is 18.2 Å². The van der Waals surface area contributed by atoms with Crippen LogP contribution in [0.1, 0.15) is 57.1 Å². The Hall–Kier alpha value is -0.930. The van der Waals surface area contributed by atoms with Crippen molar-refractivity contribution in [2.24, 2.45) is 0 Å². The molecule has 0 bridgehead atoms. The quantitative estimate of drug-likeness (QED) is 0.902. The minimum atomic E-state index is -0.170. The highest BCUT2D eigenvalue weighted by Crippen LogP contribution is 2.40. The van der Waals surface area contributed by atoms with Crippen LogP contribution in [0, 0.1) is 5.82 Å². The maximum Gasteiger partial charge on any atom is 0.123 e. The third-order valence-electron chi connectivity index (χ3n) is 4.86. The minimum absolute atomic E-state index is 0.151. The molecule has 1 heterocycles. The van der Waals surface area contributed by atoms with E-state index in [1.807, 2.05) is 12.1 Å². The van der Waals surface area contributed by atoms with Crippen molar-refractivity contribution in [2.45, 2.75) is 63.1 Å². The standard InChI is InChI=1S/C17H24FNO/c1-13(14-4-6-15(18)7-5-14)19-16-8-11-20-17(12-16)9-2-3-10-17/h4-7,13,16,19H,2-3,8-12H2,1H3/t13-,16?/m0/s1. The Labute approximate surface area is 120 Å². The second kappa shape index (κ2) is 5.82. The van der Waals surface area contributed by atoms with Crippen LogP contribution in [0.4, 0.5) is 4.39 Å². The molecule has 110 valence electrons. The van der Waals surface area contributed by atoms with Crippen molar-refractivity contribution in [2.75, 3.05) is 6.61 Å². The molecule has 1 aliphatic carbocycles. The van der Waals surface area contributed by atoms with E-state index in [1.54, 1.807) is 0 Å². The molecule has 2 fully saturated rings. The molecule has 2 aliphatic rings. The normalized spacial score (nSPS) is 26.8. The molecule has 1 aromatic carbocycles. The fourth-order valence-corrected chi connectivity index (χ4v) is 3.74. The van der Waals surface area contributed by atoms with Gasteiger partial charge in [-0.3, -0.25) is 0 Å². The Kier molecular flexibility index (Phi) is 4.08. The van der Waals surface area contributed by atoms with Gasteiger partial charge in [0, 0.05) is 18.7 Å². The van der Waals surface area contributed by atoms with Crippen molar-refractivity contribution >= 4 is 0 Å². The second-order valence-electron chi connectivity index (χ2n) is 6.37. The molecule has 0 aromatic heterocycles. The summed E-state index contributed by atoms with van der Waals surface area (Å²) in [5, 5.41) is 3.70. The van der Waals surface area contributed by atoms with E-state index >= 15 is 0 Å². The molecule has 1 aromatic rings. The van der Waals surface area contributed by atoms with Crippen LogP contribution in [0.25, 0.3) is 0 Å². The molecule has 3 rings (SSSR count). The van der Waals surface area contributed by atoms with E-state index in [1.165, 1.54) is 37.8 Å². The number of benzene rings is 1. The van der Waals surface area contributed by atoms with Gasteiger partial charge in [0.05, 0.1) is 5.60 Å². The van der Waals surface area contributed by atoms with Gasteiger partial charge < -0.3 is 10.1 Å². The monoisotopic (exact) mass is 277 g/mol. The molecule has 0 radical (unpaired) electrons. The second-order valence-corrected chi connectivity index (χ2v) is 6.37. The van der Waals surface area contributed by atoms with Crippen LogP contribution >= 0.6 is 0 Å². The molecule has 3 heteroatoms. The van der Waals surface area contributed by atoms with Gasteiger partial charge in [-0.15, -0.1) is 0 Å². The maximum absolute atomic E-state index is 13.0. The van der Waals surface area contributed by atoms with E-state index in [-0.39, 0.29) is 17.5 Å². The van der Waals surface area contributed by atoms with Gasteiger partial charge in [0.25, 0.3) is 0 Å². The molecule has 2 atom stereocenters. The topological polar surface area (TPSA) is 21.3 Å². The summed E-state index contributed by atoms with van der Waals surface area (Å²) in [6.07, 6.45) is 7.25. The first-order chi connectivity index (χ1) is 9.67. The van der Waals surface area contributed by atoms with Gasteiger partial charge in [0.15, 0.2) is 0 Å². The van der Waals surface area contributed by atoms with Crippen molar-refractivity contribution in [3.8, 4) is 0 Å². The van der Waals surface area contributed by atoms with E-state index in [0.29, 0.717) is 6.04 Å². The van der Waals surface area contributed by atoms with Crippen LogP contribution in [0.3, 0.4) is 0 Å². The molecule has 1 aliphatic heterocycles. The van der Waals surface area contributed by atoms with E-state index in [9.17, 15) is 4.39 Å². The lowest BCUT2D eigenvalue weighted by atomic mass is 9.88. The van der Waals surface area contributed by atoms with Gasteiger partial charge in [0.1, 0.15) is 5.82 Å². The number of halogens is 1. The Morgan fingerprint density at radius 1 is 1.25 bits per heavy atom. The van der Waals surface area contributed by atoms with Crippen molar-refractivity contribution < 1.29 is 9.13 Å². The van der Waals surface area contributed by atoms with Gasteiger partial charge in [-0.05, 0) is 50.3 Å². The number of rotatable bonds is 3. The Balaban J connectivity index is 1.60. The molecular formula is C17H24FNO.